The van der Waals surface area contributed by atoms with Gasteiger partial charge in [0.25, 0.3) is 0 Å². The maximum absolute atomic E-state index is 13.7. The number of hydrogen-bond acceptors (Lipinski definition) is 1. The van der Waals surface area contributed by atoms with Crippen molar-refractivity contribution in [1.82, 2.24) is 5.32 Å². The van der Waals surface area contributed by atoms with Crippen LogP contribution < -0.4 is 5.32 Å². The van der Waals surface area contributed by atoms with Crippen molar-refractivity contribution in [2.75, 3.05) is 13.1 Å². The lowest BCUT2D eigenvalue weighted by Gasteiger charge is -2.34. The molecule has 4 heteroatoms. The first-order chi connectivity index (χ1) is 10.2. The lowest BCUT2D eigenvalue weighted by molar-refractivity contribution is 0.401. The molecule has 0 bridgehead atoms. The third-order valence-electron chi connectivity index (χ3n) is 4.14. The summed E-state index contributed by atoms with van der Waals surface area (Å²) in [5.74, 6) is 0.486. The second-order valence-corrected chi connectivity index (χ2v) is 7.10. The molecule has 0 aliphatic carbocycles. The average Bonchev–Trinajstić information content (AvgIpc) is 2.50. The van der Waals surface area contributed by atoms with Crippen LogP contribution in [0.15, 0.2) is 51.4 Å². The molecule has 0 radical (unpaired) electrons. The highest BCUT2D eigenvalue weighted by molar-refractivity contribution is 9.10. The molecule has 1 aliphatic heterocycles. The van der Waals surface area contributed by atoms with Crippen LogP contribution >= 0.6 is 31.9 Å². The number of nitrogens with one attached hydrogen (secondary N) is 1. The van der Waals surface area contributed by atoms with Gasteiger partial charge in [-0.25, -0.2) is 4.39 Å². The number of benzene rings is 2. The maximum atomic E-state index is 13.7. The Bertz CT molecular complexity index is 644. The average molecular weight is 413 g/mol. The molecule has 2 atom stereocenters. The first kappa shape index (κ1) is 15.2. The van der Waals surface area contributed by atoms with Gasteiger partial charge in [0.15, 0.2) is 0 Å². The van der Waals surface area contributed by atoms with Crippen LogP contribution in [0.25, 0.3) is 0 Å². The van der Waals surface area contributed by atoms with Crippen molar-refractivity contribution in [3.63, 3.8) is 0 Å². The highest BCUT2D eigenvalue weighted by Gasteiger charge is 2.30. The van der Waals surface area contributed by atoms with Crippen molar-refractivity contribution < 1.29 is 4.39 Å². The van der Waals surface area contributed by atoms with Crippen LogP contribution in [0.5, 0.6) is 0 Å². The highest BCUT2D eigenvalue weighted by Crippen LogP contribution is 2.42. The molecule has 1 fully saturated rings. The molecule has 2 aromatic rings. The Morgan fingerprint density at radius 1 is 0.952 bits per heavy atom. The number of hydrogen-bond donors (Lipinski definition) is 1. The zero-order valence-electron chi connectivity index (χ0n) is 11.5. The van der Waals surface area contributed by atoms with Gasteiger partial charge in [0.1, 0.15) is 5.82 Å². The maximum Gasteiger partial charge on any atom is 0.123 e. The van der Waals surface area contributed by atoms with Crippen LogP contribution in [0.4, 0.5) is 4.39 Å². The van der Waals surface area contributed by atoms with Gasteiger partial charge in [-0.2, -0.15) is 0 Å². The summed E-state index contributed by atoms with van der Waals surface area (Å²) in [6.07, 6.45) is 1.01. The number of piperidine rings is 1. The van der Waals surface area contributed by atoms with Gasteiger partial charge in [-0.3, -0.25) is 0 Å². The fraction of sp³-hybridized carbons (Fsp3) is 0.294. The van der Waals surface area contributed by atoms with Crippen molar-refractivity contribution >= 4 is 31.9 Å². The summed E-state index contributed by atoms with van der Waals surface area (Å²) in [5, 5.41) is 3.46. The van der Waals surface area contributed by atoms with Crippen LogP contribution in [-0.4, -0.2) is 13.1 Å². The van der Waals surface area contributed by atoms with Crippen molar-refractivity contribution in [2.24, 2.45) is 0 Å². The summed E-state index contributed by atoms with van der Waals surface area (Å²) in [7, 11) is 0. The Kier molecular flexibility index (Phi) is 4.77. The van der Waals surface area contributed by atoms with E-state index in [0.29, 0.717) is 11.8 Å². The zero-order chi connectivity index (χ0) is 14.8. The van der Waals surface area contributed by atoms with Crippen LogP contribution in [-0.2, 0) is 0 Å². The SMILES string of the molecule is Fc1ccc(Br)c(C2CCNCC2c2ccccc2Br)c1. The smallest absolute Gasteiger partial charge is 0.123 e. The summed E-state index contributed by atoms with van der Waals surface area (Å²) in [4.78, 5) is 0. The number of halogens is 3. The van der Waals surface area contributed by atoms with Crippen LogP contribution in [0.1, 0.15) is 29.4 Å². The first-order valence-corrected chi connectivity index (χ1v) is 8.65. The molecule has 1 nitrogen and oxygen atoms in total. The number of rotatable bonds is 2. The van der Waals surface area contributed by atoms with Gasteiger partial charge in [-0.15, -0.1) is 0 Å². The van der Waals surface area contributed by atoms with E-state index >= 15 is 0 Å². The third-order valence-corrected chi connectivity index (χ3v) is 5.59. The van der Waals surface area contributed by atoms with E-state index in [1.54, 1.807) is 6.07 Å². The minimum Gasteiger partial charge on any atom is -0.316 e. The van der Waals surface area contributed by atoms with E-state index in [-0.39, 0.29) is 5.82 Å². The molecule has 3 rings (SSSR count). The molecule has 1 aliphatic rings. The van der Waals surface area contributed by atoms with Crippen LogP contribution in [0, 0.1) is 5.82 Å². The minimum absolute atomic E-state index is 0.169. The van der Waals surface area contributed by atoms with E-state index in [4.69, 9.17) is 0 Å². The van der Waals surface area contributed by atoms with E-state index in [1.165, 1.54) is 11.6 Å². The van der Waals surface area contributed by atoms with E-state index in [0.717, 1.165) is 34.0 Å². The molecule has 1 N–H and O–H groups in total. The van der Waals surface area contributed by atoms with Gasteiger partial charge < -0.3 is 5.32 Å². The topological polar surface area (TPSA) is 12.0 Å². The van der Waals surface area contributed by atoms with E-state index < -0.39 is 0 Å². The lowest BCUT2D eigenvalue weighted by Crippen LogP contribution is -2.34. The van der Waals surface area contributed by atoms with Gasteiger partial charge in [0.05, 0.1) is 0 Å². The van der Waals surface area contributed by atoms with Gasteiger partial charge in [0.2, 0.25) is 0 Å². The van der Waals surface area contributed by atoms with Crippen LogP contribution in [0.3, 0.4) is 0 Å². The van der Waals surface area contributed by atoms with Gasteiger partial charge in [-0.05, 0) is 54.3 Å². The predicted octanol–water partition coefficient (Wildman–Crippen LogP) is 5.21. The summed E-state index contributed by atoms with van der Waals surface area (Å²) in [6, 6.07) is 13.3. The molecule has 0 amide bonds. The van der Waals surface area contributed by atoms with Gasteiger partial charge in [0, 0.05) is 21.4 Å². The molecular formula is C17H16Br2FN. The fourth-order valence-electron chi connectivity index (χ4n) is 3.13. The lowest BCUT2D eigenvalue weighted by atomic mass is 9.77. The quantitative estimate of drug-likeness (QED) is 0.713. The molecule has 21 heavy (non-hydrogen) atoms. The van der Waals surface area contributed by atoms with Crippen molar-refractivity contribution in [3.05, 3.63) is 68.4 Å². The monoisotopic (exact) mass is 411 g/mol. The Labute approximate surface area is 141 Å². The summed E-state index contributed by atoms with van der Waals surface area (Å²) in [6.45, 7) is 1.88. The molecule has 110 valence electrons. The zero-order valence-corrected chi connectivity index (χ0v) is 14.6. The third kappa shape index (κ3) is 3.22. The Hall–Kier alpha value is -0.710. The van der Waals surface area contributed by atoms with Gasteiger partial charge >= 0.3 is 0 Å². The minimum atomic E-state index is -0.169. The van der Waals surface area contributed by atoms with E-state index in [9.17, 15) is 4.39 Å². The van der Waals surface area contributed by atoms with E-state index in [2.05, 4.69) is 55.4 Å². The molecule has 1 saturated heterocycles. The molecule has 2 unspecified atom stereocenters. The molecule has 0 aromatic heterocycles. The summed E-state index contributed by atoms with van der Waals surface area (Å²) < 4.78 is 15.8. The second kappa shape index (κ2) is 6.59. The van der Waals surface area contributed by atoms with E-state index in [1.807, 2.05) is 12.1 Å². The molecular weight excluding hydrogens is 397 g/mol. The van der Waals surface area contributed by atoms with Crippen molar-refractivity contribution in [3.8, 4) is 0 Å². The van der Waals surface area contributed by atoms with Crippen molar-refractivity contribution in [2.45, 2.75) is 18.3 Å². The normalized spacial score (nSPS) is 22.2. The standard InChI is InChI=1S/C17H16Br2FN/c18-16-4-2-1-3-13(16)15-10-21-8-7-12(15)14-9-11(20)5-6-17(14)19/h1-6,9,12,15,21H,7-8,10H2. The molecule has 0 spiro atoms. The largest absolute Gasteiger partial charge is 0.316 e. The predicted molar refractivity (Wildman–Crippen MR) is 91.2 cm³/mol. The molecule has 2 aromatic carbocycles. The Balaban J connectivity index is 2.02. The Morgan fingerprint density at radius 3 is 2.52 bits per heavy atom. The Morgan fingerprint density at radius 2 is 1.71 bits per heavy atom. The second-order valence-electron chi connectivity index (χ2n) is 5.39. The highest BCUT2D eigenvalue weighted by atomic mass is 79.9. The fourth-order valence-corrected chi connectivity index (χ4v) is 4.25. The van der Waals surface area contributed by atoms with Gasteiger partial charge in [-0.1, -0.05) is 50.1 Å². The first-order valence-electron chi connectivity index (χ1n) is 7.07. The molecule has 0 saturated carbocycles. The summed E-state index contributed by atoms with van der Waals surface area (Å²) >= 11 is 7.24. The molecule has 1 heterocycles. The van der Waals surface area contributed by atoms with Crippen molar-refractivity contribution in [1.29, 1.82) is 0 Å². The summed E-state index contributed by atoms with van der Waals surface area (Å²) in [5.41, 5.74) is 2.35. The van der Waals surface area contributed by atoms with Crippen LogP contribution in [0.2, 0.25) is 0 Å².